The fourth-order valence-electron chi connectivity index (χ4n) is 4.28. The van der Waals surface area contributed by atoms with Crippen molar-refractivity contribution in [3.63, 3.8) is 0 Å². The number of nitrogens with zero attached hydrogens (tertiary/aromatic N) is 3. The van der Waals surface area contributed by atoms with Gasteiger partial charge in [0.15, 0.2) is 0 Å². The Morgan fingerprint density at radius 1 is 1.16 bits per heavy atom. The lowest BCUT2D eigenvalue weighted by molar-refractivity contribution is -0.139. The van der Waals surface area contributed by atoms with Gasteiger partial charge in [0, 0.05) is 51.4 Å². The number of para-hydroxylation sites is 2. The van der Waals surface area contributed by atoms with Crippen LogP contribution in [0.3, 0.4) is 0 Å². The van der Waals surface area contributed by atoms with E-state index in [-0.39, 0.29) is 18.2 Å². The zero-order chi connectivity index (χ0) is 21.6. The van der Waals surface area contributed by atoms with Crippen LogP contribution in [-0.2, 0) is 16.1 Å². The van der Waals surface area contributed by atoms with E-state index in [1.165, 1.54) is 0 Å². The Hall–Kier alpha value is -3.00. The van der Waals surface area contributed by atoms with Gasteiger partial charge in [0.05, 0.1) is 37.3 Å². The highest BCUT2D eigenvalue weighted by molar-refractivity contribution is 5.89. The third-order valence-electron chi connectivity index (χ3n) is 5.91. The van der Waals surface area contributed by atoms with Gasteiger partial charge in [0.2, 0.25) is 11.8 Å². The van der Waals surface area contributed by atoms with E-state index in [0.29, 0.717) is 32.8 Å². The van der Waals surface area contributed by atoms with E-state index >= 15 is 0 Å². The van der Waals surface area contributed by atoms with Crippen molar-refractivity contribution in [3.8, 4) is 5.75 Å². The average molecular weight is 427 g/mol. The van der Waals surface area contributed by atoms with Gasteiger partial charge < -0.3 is 24.3 Å². The maximum atomic E-state index is 13.0. The molecular formula is C23H30N4O4. The van der Waals surface area contributed by atoms with Crippen molar-refractivity contribution in [2.75, 3.05) is 50.8 Å². The second-order valence-electron chi connectivity index (χ2n) is 7.88. The first kappa shape index (κ1) is 21.2. The van der Waals surface area contributed by atoms with Crippen LogP contribution in [0.15, 0.2) is 47.3 Å². The third kappa shape index (κ3) is 5.02. The van der Waals surface area contributed by atoms with Crippen LogP contribution in [-0.4, -0.2) is 73.5 Å². The van der Waals surface area contributed by atoms with Crippen molar-refractivity contribution in [1.82, 2.24) is 15.1 Å². The number of hydrogen-bond donors (Lipinski definition) is 1. The molecule has 0 radical (unpaired) electrons. The SMILES string of the molecule is CCOc1ccccc1N1CCN(C(=O)C[C@@H]2C(=O)NCCN2Cc2ccoc2)CC1. The Kier molecular flexibility index (Phi) is 6.76. The molecular weight excluding hydrogens is 396 g/mol. The first-order valence-electron chi connectivity index (χ1n) is 10.9. The smallest absolute Gasteiger partial charge is 0.237 e. The number of ether oxygens (including phenoxy) is 1. The van der Waals surface area contributed by atoms with E-state index in [1.807, 2.05) is 36.1 Å². The number of nitrogens with one attached hydrogen (secondary N) is 1. The molecule has 3 heterocycles. The second kappa shape index (κ2) is 9.87. The van der Waals surface area contributed by atoms with Gasteiger partial charge in [-0.3, -0.25) is 14.5 Å². The summed E-state index contributed by atoms with van der Waals surface area (Å²) in [5, 5.41) is 2.90. The van der Waals surface area contributed by atoms with E-state index in [1.54, 1.807) is 12.5 Å². The van der Waals surface area contributed by atoms with Gasteiger partial charge in [0.25, 0.3) is 0 Å². The van der Waals surface area contributed by atoms with Gasteiger partial charge in [-0.05, 0) is 25.1 Å². The molecule has 2 aliphatic heterocycles. The molecule has 0 aliphatic carbocycles. The van der Waals surface area contributed by atoms with Crippen LogP contribution in [0.25, 0.3) is 0 Å². The van der Waals surface area contributed by atoms with Crippen molar-refractivity contribution in [3.05, 3.63) is 48.4 Å². The molecule has 0 bridgehead atoms. The first-order chi connectivity index (χ1) is 15.2. The summed E-state index contributed by atoms with van der Waals surface area (Å²) in [6.45, 7) is 7.26. The summed E-state index contributed by atoms with van der Waals surface area (Å²) in [6.07, 6.45) is 3.51. The van der Waals surface area contributed by atoms with Crippen LogP contribution >= 0.6 is 0 Å². The van der Waals surface area contributed by atoms with Crippen LogP contribution in [0.4, 0.5) is 5.69 Å². The van der Waals surface area contributed by atoms with Gasteiger partial charge in [-0.15, -0.1) is 0 Å². The van der Waals surface area contributed by atoms with E-state index in [2.05, 4.69) is 21.2 Å². The number of carbonyl (C=O) groups excluding carboxylic acids is 2. The first-order valence-corrected chi connectivity index (χ1v) is 10.9. The molecule has 1 aromatic carbocycles. The fraction of sp³-hybridized carbons (Fsp3) is 0.478. The highest BCUT2D eigenvalue weighted by Gasteiger charge is 2.34. The van der Waals surface area contributed by atoms with Gasteiger partial charge in [0.1, 0.15) is 5.75 Å². The molecule has 0 saturated carbocycles. The van der Waals surface area contributed by atoms with Crippen molar-refractivity contribution in [1.29, 1.82) is 0 Å². The number of anilines is 1. The lowest BCUT2D eigenvalue weighted by atomic mass is 10.1. The minimum Gasteiger partial charge on any atom is -0.492 e. The molecule has 1 aromatic heterocycles. The van der Waals surface area contributed by atoms with Crippen LogP contribution in [0.1, 0.15) is 18.9 Å². The summed E-state index contributed by atoms with van der Waals surface area (Å²) in [7, 11) is 0. The zero-order valence-corrected chi connectivity index (χ0v) is 18.0. The molecule has 2 aliphatic rings. The lowest BCUT2D eigenvalue weighted by Crippen LogP contribution is -2.57. The predicted octanol–water partition coefficient (Wildman–Crippen LogP) is 1.72. The van der Waals surface area contributed by atoms with Crippen LogP contribution in [0, 0.1) is 0 Å². The maximum absolute atomic E-state index is 13.0. The third-order valence-corrected chi connectivity index (χ3v) is 5.91. The molecule has 8 heteroatoms. The highest BCUT2D eigenvalue weighted by atomic mass is 16.5. The second-order valence-corrected chi connectivity index (χ2v) is 7.88. The van der Waals surface area contributed by atoms with Gasteiger partial charge in [-0.1, -0.05) is 12.1 Å². The molecule has 8 nitrogen and oxygen atoms in total. The molecule has 31 heavy (non-hydrogen) atoms. The summed E-state index contributed by atoms with van der Waals surface area (Å²) < 4.78 is 10.9. The molecule has 0 spiro atoms. The van der Waals surface area contributed by atoms with Crippen molar-refractivity contribution in [2.45, 2.75) is 25.9 Å². The number of piperazine rings is 2. The lowest BCUT2D eigenvalue weighted by Gasteiger charge is -2.39. The normalized spacial score (nSPS) is 19.9. The van der Waals surface area contributed by atoms with E-state index in [4.69, 9.17) is 9.15 Å². The van der Waals surface area contributed by atoms with Crippen LogP contribution in [0.2, 0.25) is 0 Å². The minimum atomic E-state index is -0.451. The Bertz CT molecular complexity index is 877. The molecule has 2 fully saturated rings. The van der Waals surface area contributed by atoms with Gasteiger partial charge in [-0.2, -0.15) is 0 Å². The Morgan fingerprint density at radius 3 is 2.71 bits per heavy atom. The molecule has 1 atom stereocenters. The number of carbonyl (C=O) groups is 2. The summed E-state index contributed by atoms with van der Waals surface area (Å²) in [4.78, 5) is 31.7. The van der Waals surface area contributed by atoms with E-state index < -0.39 is 6.04 Å². The maximum Gasteiger partial charge on any atom is 0.237 e. The van der Waals surface area contributed by atoms with Crippen molar-refractivity contribution < 1.29 is 18.7 Å². The quantitative estimate of drug-likeness (QED) is 0.726. The number of benzene rings is 1. The largest absolute Gasteiger partial charge is 0.492 e. The molecule has 0 unspecified atom stereocenters. The Labute approximate surface area is 182 Å². The fourth-order valence-corrected chi connectivity index (χ4v) is 4.28. The standard InChI is InChI=1S/C23H30N4O4/c1-2-31-21-6-4-3-5-19(21)25-10-12-26(13-11-25)22(28)15-20-23(29)24-8-9-27(20)16-18-7-14-30-17-18/h3-7,14,17,20H,2,8-13,15-16H2,1H3,(H,24,29)/t20-/m1/s1. The average Bonchev–Trinajstić information content (AvgIpc) is 3.30. The molecule has 2 amide bonds. The zero-order valence-electron chi connectivity index (χ0n) is 18.0. The van der Waals surface area contributed by atoms with Crippen molar-refractivity contribution in [2.24, 2.45) is 0 Å². The van der Waals surface area contributed by atoms with Gasteiger partial charge >= 0.3 is 0 Å². The number of furan rings is 1. The molecule has 166 valence electrons. The number of amides is 2. The molecule has 1 N–H and O–H groups in total. The Morgan fingerprint density at radius 2 is 1.97 bits per heavy atom. The summed E-state index contributed by atoms with van der Waals surface area (Å²) in [5.74, 6) is 0.822. The summed E-state index contributed by atoms with van der Waals surface area (Å²) in [6, 6.07) is 9.46. The van der Waals surface area contributed by atoms with E-state index in [9.17, 15) is 9.59 Å². The molecule has 2 saturated heterocycles. The predicted molar refractivity (Wildman–Crippen MR) is 117 cm³/mol. The van der Waals surface area contributed by atoms with E-state index in [0.717, 1.165) is 36.6 Å². The van der Waals surface area contributed by atoms with Crippen LogP contribution < -0.4 is 15.0 Å². The number of hydrogen-bond acceptors (Lipinski definition) is 6. The summed E-state index contributed by atoms with van der Waals surface area (Å²) >= 11 is 0. The van der Waals surface area contributed by atoms with Crippen molar-refractivity contribution >= 4 is 17.5 Å². The molecule has 4 rings (SSSR count). The minimum absolute atomic E-state index is 0.0250. The molecule has 2 aromatic rings. The summed E-state index contributed by atoms with van der Waals surface area (Å²) in [5.41, 5.74) is 2.07. The Balaban J connectivity index is 1.35. The van der Waals surface area contributed by atoms with Crippen LogP contribution in [0.5, 0.6) is 5.75 Å². The topological polar surface area (TPSA) is 78.3 Å². The monoisotopic (exact) mass is 426 g/mol. The highest BCUT2D eigenvalue weighted by Crippen LogP contribution is 2.29. The number of rotatable bonds is 7. The van der Waals surface area contributed by atoms with Gasteiger partial charge in [-0.25, -0.2) is 0 Å².